The molecular formula is C9H10N2. The molecule has 0 spiro atoms. The molecule has 0 atom stereocenters. The van der Waals surface area contributed by atoms with Gasteiger partial charge in [-0.3, -0.25) is 9.97 Å². The van der Waals surface area contributed by atoms with Gasteiger partial charge in [0.25, 0.3) is 0 Å². The largest absolute Gasteiger partial charge is 0.254 e. The Morgan fingerprint density at radius 3 is 3.27 bits per heavy atom. The highest BCUT2D eigenvalue weighted by molar-refractivity contribution is 5.49. The Bertz CT molecular complexity index is 302. The summed E-state index contributed by atoms with van der Waals surface area (Å²) in [7, 11) is 0. The van der Waals surface area contributed by atoms with Crippen LogP contribution in [0.5, 0.6) is 0 Å². The zero-order valence-corrected chi connectivity index (χ0v) is 6.54. The second-order valence-corrected chi connectivity index (χ2v) is 2.78. The van der Waals surface area contributed by atoms with Gasteiger partial charge >= 0.3 is 0 Å². The summed E-state index contributed by atoms with van der Waals surface area (Å²) >= 11 is 0. The molecular weight excluding hydrogens is 136 g/mol. The summed E-state index contributed by atoms with van der Waals surface area (Å²) in [5.74, 6) is 0. The lowest BCUT2D eigenvalue weighted by molar-refractivity contribution is 0.886. The van der Waals surface area contributed by atoms with Crippen molar-refractivity contribution in [2.24, 2.45) is 0 Å². The van der Waals surface area contributed by atoms with E-state index in [0.717, 1.165) is 29.9 Å². The molecule has 0 amide bonds. The lowest BCUT2D eigenvalue weighted by Gasteiger charge is -2.07. The van der Waals surface area contributed by atoms with Gasteiger partial charge in [0.15, 0.2) is 0 Å². The molecule has 0 fully saturated rings. The highest BCUT2D eigenvalue weighted by Gasteiger charge is 2.05. The first-order chi connectivity index (χ1) is 5.36. The molecule has 1 aromatic rings. The molecule has 0 saturated carbocycles. The summed E-state index contributed by atoms with van der Waals surface area (Å²) < 4.78 is 0. The van der Waals surface area contributed by atoms with Crippen molar-refractivity contribution in [1.29, 1.82) is 0 Å². The minimum Gasteiger partial charge on any atom is -0.254 e. The maximum Gasteiger partial charge on any atom is 0.0842 e. The van der Waals surface area contributed by atoms with Gasteiger partial charge in [-0.2, -0.15) is 0 Å². The van der Waals surface area contributed by atoms with Crippen LogP contribution < -0.4 is 0 Å². The first-order valence-corrected chi connectivity index (χ1v) is 3.85. The fourth-order valence-corrected chi connectivity index (χ4v) is 1.27. The normalized spacial score (nSPS) is 14.6. The van der Waals surface area contributed by atoms with Crippen LogP contribution in [0, 0.1) is 6.92 Å². The molecule has 1 heterocycles. The minimum atomic E-state index is 1.01. The van der Waals surface area contributed by atoms with Crippen molar-refractivity contribution in [3.63, 3.8) is 0 Å². The van der Waals surface area contributed by atoms with Crippen LogP contribution in [0.25, 0.3) is 6.08 Å². The number of hydrogen-bond donors (Lipinski definition) is 0. The molecule has 0 unspecified atom stereocenters. The van der Waals surface area contributed by atoms with E-state index in [2.05, 4.69) is 16.0 Å². The Labute approximate surface area is 66.0 Å². The second-order valence-electron chi connectivity index (χ2n) is 2.78. The molecule has 0 N–H and O–H groups in total. The van der Waals surface area contributed by atoms with E-state index in [4.69, 9.17) is 0 Å². The summed E-state index contributed by atoms with van der Waals surface area (Å²) in [5.41, 5.74) is 3.20. The lowest BCUT2D eigenvalue weighted by Crippen LogP contribution is -2.01. The van der Waals surface area contributed by atoms with Gasteiger partial charge in [-0.1, -0.05) is 6.08 Å². The summed E-state index contributed by atoms with van der Waals surface area (Å²) in [6.45, 7) is 1.98. The Hall–Kier alpha value is -1.18. The van der Waals surface area contributed by atoms with E-state index in [1.54, 1.807) is 0 Å². The predicted molar refractivity (Wildman–Crippen MR) is 44.1 cm³/mol. The maximum absolute atomic E-state index is 4.40. The quantitative estimate of drug-likeness (QED) is 0.557. The van der Waals surface area contributed by atoms with E-state index < -0.39 is 0 Å². The third-order valence-corrected chi connectivity index (χ3v) is 1.82. The van der Waals surface area contributed by atoms with Crippen molar-refractivity contribution < 1.29 is 0 Å². The van der Waals surface area contributed by atoms with Crippen molar-refractivity contribution in [3.8, 4) is 0 Å². The number of rotatable bonds is 0. The zero-order valence-electron chi connectivity index (χ0n) is 6.54. The number of aromatic nitrogens is 2. The van der Waals surface area contributed by atoms with Crippen LogP contribution in [0.3, 0.4) is 0 Å². The van der Waals surface area contributed by atoms with E-state index in [1.165, 1.54) is 0 Å². The fourth-order valence-electron chi connectivity index (χ4n) is 1.27. The van der Waals surface area contributed by atoms with E-state index >= 15 is 0 Å². The van der Waals surface area contributed by atoms with Gasteiger partial charge < -0.3 is 0 Å². The zero-order chi connectivity index (χ0) is 7.68. The Kier molecular flexibility index (Phi) is 1.46. The third kappa shape index (κ3) is 1.16. The molecule has 1 aliphatic carbocycles. The molecule has 0 aliphatic heterocycles. The third-order valence-electron chi connectivity index (χ3n) is 1.82. The number of aryl methyl sites for hydroxylation is 2. The van der Waals surface area contributed by atoms with E-state index in [0.29, 0.717) is 0 Å². The van der Waals surface area contributed by atoms with Crippen LogP contribution in [0.15, 0.2) is 12.3 Å². The van der Waals surface area contributed by atoms with Crippen molar-refractivity contribution in [1.82, 2.24) is 9.97 Å². The predicted octanol–water partition coefficient (Wildman–Crippen LogP) is 1.74. The molecule has 0 saturated heterocycles. The number of allylic oxidation sites excluding steroid dienone is 1. The van der Waals surface area contributed by atoms with Gasteiger partial charge in [0.05, 0.1) is 17.1 Å². The van der Waals surface area contributed by atoms with Gasteiger partial charge in [-0.15, -0.1) is 0 Å². The standard InChI is InChI=1S/C9H10N2/c1-7-6-10-8-4-2-3-5-9(8)11-7/h2,4,6H,3,5H2,1H3. The fraction of sp³-hybridized carbons (Fsp3) is 0.333. The molecule has 2 heteroatoms. The van der Waals surface area contributed by atoms with Crippen LogP contribution in [0.4, 0.5) is 0 Å². The number of hydrogen-bond acceptors (Lipinski definition) is 2. The topological polar surface area (TPSA) is 25.8 Å². The Balaban J connectivity index is 2.53. The SMILES string of the molecule is Cc1cnc2c(n1)CCC=C2. The molecule has 56 valence electrons. The summed E-state index contributed by atoms with van der Waals surface area (Å²) in [6, 6.07) is 0. The van der Waals surface area contributed by atoms with E-state index in [9.17, 15) is 0 Å². The van der Waals surface area contributed by atoms with Crippen molar-refractivity contribution in [3.05, 3.63) is 29.4 Å². The monoisotopic (exact) mass is 146 g/mol. The van der Waals surface area contributed by atoms with Gasteiger partial charge in [-0.25, -0.2) is 0 Å². The second kappa shape index (κ2) is 2.46. The first-order valence-electron chi connectivity index (χ1n) is 3.85. The molecule has 0 bridgehead atoms. The van der Waals surface area contributed by atoms with Crippen LogP contribution in [0.2, 0.25) is 0 Å². The van der Waals surface area contributed by atoms with Gasteiger partial charge in [-0.05, 0) is 25.8 Å². The van der Waals surface area contributed by atoms with Crippen molar-refractivity contribution in [2.75, 3.05) is 0 Å². The van der Waals surface area contributed by atoms with E-state index in [-0.39, 0.29) is 0 Å². The minimum absolute atomic E-state index is 1.01. The summed E-state index contributed by atoms with van der Waals surface area (Å²) in [4.78, 5) is 8.67. The molecule has 0 aromatic carbocycles. The Morgan fingerprint density at radius 2 is 2.36 bits per heavy atom. The maximum atomic E-state index is 4.40. The lowest BCUT2D eigenvalue weighted by atomic mass is 10.1. The molecule has 1 aliphatic rings. The molecule has 2 nitrogen and oxygen atoms in total. The average Bonchev–Trinajstić information content (AvgIpc) is 2.04. The van der Waals surface area contributed by atoms with Gasteiger partial charge in [0.1, 0.15) is 0 Å². The Morgan fingerprint density at radius 1 is 1.45 bits per heavy atom. The smallest absolute Gasteiger partial charge is 0.0842 e. The van der Waals surface area contributed by atoms with Gasteiger partial charge in [0.2, 0.25) is 0 Å². The van der Waals surface area contributed by atoms with Crippen LogP contribution in [-0.2, 0) is 6.42 Å². The summed E-state index contributed by atoms with van der Waals surface area (Å²) in [6.07, 6.45) is 8.15. The molecule has 2 rings (SSSR count). The van der Waals surface area contributed by atoms with Crippen molar-refractivity contribution in [2.45, 2.75) is 19.8 Å². The highest BCUT2D eigenvalue weighted by Crippen LogP contribution is 2.14. The average molecular weight is 146 g/mol. The molecule has 11 heavy (non-hydrogen) atoms. The number of nitrogens with zero attached hydrogens (tertiary/aromatic N) is 2. The van der Waals surface area contributed by atoms with E-state index in [1.807, 2.05) is 19.2 Å². The van der Waals surface area contributed by atoms with Gasteiger partial charge in [0, 0.05) is 6.20 Å². The van der Waals surface area contributed by atoms with Crippen molar-refractivity contribution >= 4 is 6.08 Å². The van der Waals surface area contributed by atoms with Crippen LogP contribution in [-0.4, -0.2) is 9.97 Å². The van der Waals surface area contributed by atoms with Crippen LogP contribution in [0.1, 0.15) is 23.5 Å². The first kappa shape index (κ1) is 6.53. The molecule has 0 radical (unpaired) electrons. The van der Waals surface area contributed by atoms with Crippen LogP contribution >= 0.6 is 0 Å². The molecule has 1 aromatic heterocycles. The number of fused-ring (bicyclic) bond motifs is 1. The highest BCUT2D eigenvalue weighted by atomic mass is 14.8. The summed E-state index contributed by atoms with van der Waals surface area (Å²) in [5, 5.41) is 0.